The van der Waals surface area contributed by atoms with Crippen LogP contribution in [0.4, 0.5) is 9.59 Å². The van der Waals surface area contributed by atoms with Gasteiger partial charge in [-0.15, -0.1) is 0 Å². The molecule has 2 bridgehead atoms. The number of aromatic amines is 2. The molecule has 2 aromatic heterocycles. The van der Waals surface area contributed by atoms with Crippen LogP contribution < -0.4 is 10.6 Å². The van der Waals surface area contributed by atoms with Gasteiger partial charge in [0.25, 0.3) is 11.8 Å². The zero-order chi connectivity index (χ0) is 47.8. The highest BCUT2D eigenvalue weighted by molar-refractivity contribution is 5.88. The number of ether oxygens (including phenoxy) is 2. The average Bonchev–Trinajstić information content (AvgIpc) is 4.17. The summed E-state index contributed by atoms with van der Waals surface area (Å²) in [5.74, 6) is 1.17. The van der Waals surface area contributed by atoms with E-state index < -0.39 is 35.5 Å². The number of nitrogens with zero attached hydrogens (tertiary/aromatic N) is 4. The third-order valence-corrected chi connectivity index (χ3v) is 14.6. The maximum atomic E-state index is 14.3. The second-order valence-corrected chi connectivity index (χ2v) is 21.4. The van der Waals surface area contributed by atoms with E-state index in [0.29, 0.717) is 24.2 Å². The molecule has 4 atom stereocenters. The van der Waals surface area contributed by atoms with Gasteiger partial charge in [0.1, 0.15) is 34.9 Å². The number of fused-ring (bicyclic) bond motifs is 3. The Morgan fingerprint density at radius 1 is 0.603 bits per heavy atom. The van der Waals surface area contributed by atoms with Gasteiger partial charge < -0.3 is 39.9 Å². The van der Waals surface area contributed by atoms with Gasteiger partial charge in [0.15, 0.2) is 0 Å². The number of aromatic nitrogens is 4. The van der Waals surface area contributed by atoms with Crippen LogP contribution in [0.3, 0.4) is 0 Å². The molecule has 4 N–H and O–H groups in total. The van der Waals surface area contributed by atoms with Crippen molar-refractivity contribution in [2.24, 2.45) is 0 Å². The first-order valence-electron chi connectivity index (χ1n) is 24.4. The van der Waals surface area contributed by atoms with Gasteiger partial charge >= 0.3 is 12.2 Å². The second-order valence-electron chi connectivity index (χ2n) is 21.4. The summed E-state index contributed by atoms with van der Waals surface area (Å²) in [6.07, 6.45) is 12.2. The van der Waals surface area contributed by atoms with Gasteiger partial charge in [0.05, 0.1) is 24.0 Å². The van der Waals surface area contributed by atoms with Crippen molar-refractivity contribution in [2.75, 3.05) is 13.1 Å². The smallest absolute Gasteiger partial charge is 0.408 e. The number of benzene rings is 3. The number of hydrogen-bond acceptors (Lipinski definition) is 8. The van der Waals surface area contributed by atoms with Gasteiger partial charge in [0.2, 0.25) is 0 Å². The number of carbonyl (C=O) groups excluding carboxylic acids is 4. The average molecular weight is 923 g/mol. The number of carbonyl (C=O) groups is 4. The lowest BCUT2D eigenvalue weighted by atomic mass is 9.51. The molecule has 2 aliphatic heterocycles. The Kier molecular flexibility index (Phi) is 12.7. The van der Waals surface area contributed by atoms with Crippen molar-refractivity contribution in [3.63, 3.8) is 0 Å². The summed E-state index contributed by atoms with van der Waals surface area (Å²) in [7, 11) is 0. The first-order chi connectivity index (χ1) is 32.5. The van der Waals surface area contributed by atoms with Crippen molar-refractivity contribution < 1.29 is 28.7 Å². The fourth-order valence-electron chi connectivity index (χ4n) is 11.1. The molecule has 3 aromatic carbocycles. The third kappa shape index (κ3) is 9.77. The number of likely N-dealkylation sites (tertiary alicyclic amines) is 2. The lowest BCUT2D eigenvalue weighted by molar-refractivity contribution is -0.135. The van der Waals surface area contributed by atoms with E-state index >= 15 is 0 Å². The zero-order valence-electron chi connectivity index (χ0n) is 40.3. The molecule has 5 aromatic rings. The number of imidazole rings is 2. The van der Waals surface area contributed by atoms with E-state index in [2.05, 4.69) is 44.9 Å². The molecule has 14 nitrogen and oxygen atoms in total. The van der Waals surface area contributed by atoms with Gasteiger partial charge in [-0.05, 0) is 133 Å². The predicted molar refractivity (Wildman–Crippen MR) is 258 cm³/mol. The Hall–Kier alpha value is -6.44. The molecule has 3 aliphatic carbocycles. The Bertz CT molecular complexity index is 2570. The lowest BCUT2D eigenvalue weighted by Crippen LogP contribution is -2.46. The molecule has 4 amide bonds. The van der Waals surface area contributed by atoms with Crippen LogP contribution in [-0.2, 0) is 29.9 Å². The summed E-state index contributed by atoms with van der Waals surface area (Å²) >= 11 is 0. The molecule has 68 heavy (non-hydrogen) atoms. The molecule has 0 unspecified atom stereocenters. The van der Waals surface area contributed by atoms with Crippen LogP contribution in [-0.4, -0.2) is 78.0 Å². The quantitative estimate of drug-likeness (QED) is 0.101. The summed E-state index contributed by atoms with van der Waals surface area (Å²) in [6.45, 7) is 12.0. The number of H-pyrrole nitrogens is 2. The molecular formula is C54H66N8O6. The molecule has 3 saturated carbocycles. The largest absolute Gasteiger partial charge is 0.444 e. The van der Waals surface area contributed by atoms with E-state index in [9.17, 15) is 19.2 Å². The molecule has 14 heteroatoms. The highest BCUT2D eigenvalue weighted by atomic mass is 16.6. The van der Waals surface area contributed by atoms with Gasteiger partial charge in [-0.25, -0.2) is 19.6 Å². The summed E-state index contributed by atoms with van der Waals surface area (Å²) < 4.78 is 11.1. The fraction of sp³-hybridized carbons (Fsp3) is 0.481. The number of alkyl carbamates (subject to hydrolysis) is 2. The molecule has 0 radical (unpaired) electrons. The lowest BCUT2D eigenvalue weighted by Gasteiger charge is -2.53. The topological polar surface area (TPSA) is 175 Å². The maximum absolute atomic E-state index is 14.3. The standard InChI is InChI=1S/C54H66N8O6/c1-51(2,3)67-49(65)59-43(36-15-9-7-10-16-36)47(63)61-31-13-19-40(61)45-55-33-39(57-45)35-21-23-38(24-22-35)53-25-28-54(29-26-53,30-27-53)42-34-56-46(58-42)41-20-14-32-62(41)48(64)44(37-17-11-8-12-18-37)60-50(66)68-52(4,5)6/h7-12,15-18,21-24,33-34,40-41,43-44H,13-14,19-20,25-32H2,1-6H3,(H,55,57)(H,56,58)(H,59,65)(H,60,66)/t40-,41-,43-,44+,53?,54?/m0/s1. The van der Waals surface area contributed by atoms with Crippen molar-refractivity contribution >= 4 is 24.0 Å². The normalized spacial score (nSPS) is 23.5. The molecule has 4 heterocycles. The summed E-state index contributed by atoms with van der Waals surface area (Å²) in [4.78, 5) is 75.2. The number of amides is 4. The van der Waals surface area contributed by atoms with Crippen molar-refractivity contribution in [3.8, 4) is 11.3 Å². The molecule has 5 fully saturated rings. The Balaban J connectivity index is 0.846. The molecule has 358 valence electrons. The number of rotatable bonds is 11. The molecule has 0 spiro atoms. The van der Waals surface area contributed by atoms with Gasteiger partial charge in [-0.1, -0.05) is 84.9 Å². The highest BCUT2D eigenvalue weighted by Gasteiger charge is 2.51. The highest BCUT2D eigenvalue weighted by Crippen LogP contribution is 2.58. The second kappa shape index (κ2) is 18.6. The SMILES string of the molecule is CC(C)(C)OC(=O)N[C@H](C(=O)N1CCC[C@H]1c1ncc(-c2ccc(C34CCC(c5cnc([C@@H]6CCCN6C(=O)[C@H](NC(=O)OC(C)(C)C)c6ccccc6)[nH]5)(CC3)CC4)cc2)[nH]1)c1ccccc1. The van der Waals surface area contributed by atoms with Gasteiger partial charge in [0, 0.05) is 30.4 Å². The van der Waals surface area contributed by atoms with Gasteiger partial charge in [-0.3, -0.25) is 9.59 Å². The Morgan fingerprint density at radius 3 is 1.51 bits per heavy atom. The van der Waals surface area contributed by atoms with Crippen molar-refractivity contribution in [1.29, 1.82) is 0 Å². The van der Waals surface area contributed by atoms with Crippen molar-refractivity contribution in [2.45, 2.75) is 152 Å². The van der Waals surface area contributed by atoms with Crippen LogP contribution in [0.2, 0.25) is 0 Å². The maximum Gasteiger partial charge on any atom is 0.408 e. The minimum Gasteiger partial charge on any atom is -0.444 e. The van der Waals surface area contributed by atoms with E-state index in [4.69, 9.17) is 19.4 Å². The predicted octanol–water partition coefficient (Wildman–Crippen LogP) is 10.2. The molecule has 2 saturated heterocycles. The van der Waals surface area contributed by atoms with Crippen LogP contribution in [0.1, 0.15) is 164 Å². The Labute approximate surface area is 399 Å². The number of nitrogens with one attached hydrogen (secondary N) is 4. The van der Waals surface area contributed by atoms with Crippen molar-refractivity contribution in [1.82, 2.24) is 40.4 Å². The first-order valence-corrected chi connectivity index (χ1v) is 24.4. The van der Waals surface area contributed by atoms with Crippen LogP contribution >= 0.6 is 0 Å². The van der Waals surface area contributed by atoms with Crippen LogP contribution in [0, 0.1) is 0 Å². The zero-order valence-corrected chi connectivity index (χ0v) is 40.3. The van der Waals surface area contributed by atoms with Gasteiger partial charge in [-0.2, -0.15) is 0 Å². The molecular weight excluding hydrogens is 857 g/mol. The molecule has 5 aliphatic rings. The van der Waals surface area contributed by atoms with E-state index in [1.807, 2.05) is 104 Å². The van der Waals surface area contributed by atoms with E-state index in [1.54, 1.807) is 20.8 Å². The fourth-order valence-corrected chi connectivity index (χ4v) is 11.1. The summed E-state index contributed by atoms with van der Waals surface area (Å²) in [5, 5.41) is 5.71. The van der Waals surface area contributed by atoms with Crippen LogP contribution in [0.15, 0.2) is 97.3 Å². The first kappa shape index (κ1) is 46.7. The monoisotopic (exact) mass is 923 g/mol. The summed E-state index contributed by atoms with van der Waals surface area (Å²) in [6, 6.07) is 25.4. The van der Waals surface area contributed by atoms with E-state index in [0.717, 1.165) is 92.8 Å². The van der Waals surface area contributed by atoms with E-state index in [1.165, 1.54) is 5.56 Å². The van der Waals surface area contributed by atoms with Crippen molar-refractivity contribution in [3.05, 3.63) is 131 Å². The summed E-state index contributed by atoms with van der Waals surface area (Å²) in [5.41, 5.74) is 4.58. The number of hydrogen-bond donors (Lipinski definition) is 4. The minimum absolute atomic E-state index is 0.0138. The minimum atomic E-state index is -0.897. The molecule has 10 rings (SSSR count). The van der Waals surface area contributed by atoms with Crippen LogP contribution in [0.5, 0.6) is 0 Å². The van der Waals surface area contributed by atoms with E-state index in [-0.39, 0.29) is 34.7 Å². The Morgan fingerprint density at radius 2 is 1.04 bits per heavy atom. The van der Waals surface area contributed by atoms with Crippen LogP contribution in [0.25, 0.3) is 11.3 Å². The third-order valence-electron chi connectivity index (χ3n) is 14.6.